The minimum atomic E-state index is -4.39. The third kappa shape index (κ3) is 1.94. The maximum atomic E-state index is 12.6. The summed E-state index contributed by atoms with van der Waals surface area (Å²) >= 11 is 3.26. The van der Waals surface area contributed by atoms with Gasteiger partial charge in [-0.2, -0.15) is 13.2 Å². The van der Waals surface area contributed by atoms with Gasteiger partial charge in [-0.15, -0.1) is 0 Å². The van der Waals surface area contributed by atoms with Crippen molar-refractivity contribution >= 4 is 28.3 Å². The molecule has 0 bridgehead atoms. The number of hydrogen-bond acceptors (Lipinski definition) is 2. The molecule has 1 aliphatic rings. The van der Waals surface area contributed by atoms with Crippen molar-refractivity contribution in [3.63, 3.8) is 0 Å². The molecule has 96 valence electrons. The maximum absolute atomic E-state index is 12.6. The van der Waals surface area contributed by atoms with Crippen LogP contribution in [-0.2, 0) is 15.4 Å². The van der Waals surface area contributed by atoms with Crippen molar-refractivity contribution in [3.05, 3.63) is 41.1 Å². The molecule has 18 heavy (non-hydrogen) atoms. The Morgan fingerprint density at radius 2 is 2.06 bits per heavy atom. The summed E-state index contributed by atoms with van der Waals surface area (Å²) in [7, 11) is 1.67. The van der Waals surface area contributed by atoms with E-state index in [1.165, 1.54) is 6.07 Å². The van der Waals surface area contributed by atoms with E-state index < -0.39 is 16.2 Å². The predicted molar refractivity (Wildman–Crippen MR) is 64.9 cm³/mol. The minimum absolute atomic E-state index is 0.381. The van der Waals surface area contributed by atoms with Crippen LogP contribution in [0.4, 0.5) is 13.2 Å². The van der Waals surface area contributed by atoms with Gasteiger partial charge in [0.2, 0.25) is 0 Å². The fraction of sp³-hybridized carbons (Fsp3) is 0.250. The zero-order valence-corrected chi connectivity index (χ0v) is 10.9. The molecule has 0 saturated heterocycles. The Hall–Kier alpha value is -1.30. The molecule has 1 aliphatic heterocycles. The van der Waals surface area contributed by atoms with Gasteiger partial charge in [-0.25, -0.2) is 0 Å². The summed E-state index contributed by atoms with van der Waals surface area (Å²) in [6.07, 6.45) is -0.621. The van der Waals surface area contributed by atoms with Crippen molar-refractivity contribution in [2.45, 2.75) is 10.6 Å². The Labute approximate surface area is 110 Å². The van der Waals surface area contributed by atoms with E-state index in [-0.39, 0.29) is 0 Å². The third-order valence-corrected chi connectivity index (χ3v) is 4.08. The fourth-order valence-corrected chi connectivity index (χ4v) is 2.31. The molecular weight excluding hydrogens is 311 g/mol. The van der Waals surface area contributed by atoms with Gasteiger partial charge in [-0.3, -0.25) is 4.79 Å². The van der Waals surface area contributed by atoms with Crippen LogP contribution in [0.2, 0.25) is 0 Å². The molecule has 0 aliphatic carbocycles. The summed E-state index contributed by atoms with van der Waals surface area (Å²) in [5.74, 6) is 0. The van der Waals surface area contributed by atoms with Crippen molar-refractivity contribution in [1.29, 1.82) is 0 Å². The van der Waals surface area contributed by atoms with E-state index in [0.29, 0.717) is 17.4 Å². The number of benzene rings is 1. The Balaban J connectivity index is 2.59. The molecule has 6 heteroatoms. The number of carbonyl (C=O) groups excluding carboxylic acids is 1. The fourth-order valence-electron chi connectivity index (χ4n) is 1.83. The van der Waals surface area contributed by atoms with Crippen molar-refractivity contribution in [3.8, 4) is 0 Å². The molecule has 2 rings (SSSR count). The van der Waals surface area contributed by atoms with E-state index in [9.17, 15) is 18.0 Å². The molecule has 1 atom stereocenters. The van der Waals surface area contributed by atoms with Crippen molar-refractivity contribution < 1.29 is 18.0 Å². The number of rotatable bonds is 1. The summed E-state index contributed by atoms with van der Waals surface area (Å²) in [6, 6.07) is 3.34. The van der Waals surface area contributed by atoms with Crippen molar-refractivity contribution in [2.75, 3.05) is 7.05 Å². The Kier molecular flexibility index (Phi) is 3.01. The van der Waals surface area contributed by atoms with Gasteiger partial charge in [-0.1, -0.05) is 6.07 Å². The summed E-state index contributed by atoms with van der Waals surface area (Å²) in [5, 5.41) is 0. The monoisotopic (exact) mass is 319 g/mol. The van der Waals surface area contributed by atoms with E-state index >= 15 is 0 Å². The van der Waals surface area contributed by atoms with E-state index in [1.54, 1.807) is 24.2 Å². The molecule has 2 nitrogen and oxygen atoms in total. The average Bonchev–Trinajstić information content (AvgIpc) is 2.32. The minimum Gasteiger partial charge on any atom is -0.356 e. The second-order valence-electron chi connectivity index (χ2n) is 4.02. The number of nitrogens with zero attached hydrogens (tertiary/aromatic N) is 1. The van der Waals surface area contributed by atoms with Gasteiger partial charge in [0.05, 0.1) is 5.56 Å². The lowest BCUT2D eigenvalue weighted by Gasteiger charge is -2.36. The number of halogens is 4. The molecule has 0 aromatic heterocycles. The van der Waals surface area contributed by atoms with Crippen LogP contribution in [0.3, 0.4) is 0 Å². The highest BCUT2D eigenvalue weighted by Crippen LogP contribution is 2.40. The lowest BCUT2D eigenvalue weighted by atomic mass is 9.95. The molecular formula is C12H9BrF3NO. The SMILES string of the molecule is CN1C=Cc2cc(C(F)(F)F)ccc2C1(Br)C=O. The highest BCUT2D eigenvalue weighted by molar-refractivity contribution is 9.10. The predicted octanol–water partition coefficient (Wildman–Crippen LogP) is 3.37. The first-order chi connectivity index (χ1) is 8.29. The lowest BCUT2D eigenvalue weighted by Crippen LogP contribution is -2.38. The van der Waals surface area contributed by atoms with E-state index in [1.807, 2.05) is 0 Å². The Morgan fingerprint density at radius 3 is 2.61 bits per heavy atom. The molecule has 1 heterocycles. The van der Waals surface area contributed by atoms with Crippen LogP contribution < -0.4 is 0 Å². The van der Waals surface area contributed by atoms with Crippen LogP contribution >= 0.6 is 15.9 Å². The van der Waals surface area contributed by atoms with E-state index in [0.717, 1.165) is 12.1 Å². The van der Waals surface area contributed by atoms with Crippen LogP contribution in [0.1, 0.15) is 16.7 Å². The van der Waals surface area contributed by atoms with Gasteiger partial charge in [0.1, 0.15) is 0 Å². The molecule has 0 N–H and O–H groups in total. The normalized spacial score (nSPS) is 22.8. The number of alkyl halides is 4. The molecule has 1 aromatic rings. The smallest absolute Gasteiger partial charge is 0.356 e. The van der Waals surface area contributed by atoms with Crippen LogP contribution in [0, 0.1) is 0 Å². The van der Waals surface area contributed by atoms with Crippen LogP contribution in [0.5, 0.6) is 0 Å². The zero-order chi connectivity index (χ0) is 13.6. The van der Waals surface area contributed by atoms with Crippen molar-refractivity contribution in [1.82, 2.24) is 4.90 Å². The highest BCUT2D eigenvalue weighted by Gasteiger charge is 2.38. The summed E-state index contributed by atoms with van der Waals surface area (Å²) in [6.45, 7) is 0. The van der Waals surface area contributed by atoms with Gasteiger partial charge < -0.3 is 4.90 Å². The highest BCUT2D eigenvalue weighted by atomic mass is 79.9. The molecule has 1 aromatic carbocycles. The number of likely N-dealkylation sites (N-methyl/N-ethyl adjacent to an activating group) is 1. The van der Waals surface area contributed by atoms with Crippen LogP contribution in [0.15, 0.2) is 24.4 Å². The molecule has 0 spiro atoms. The topological polar surface area (TPSA) is 20.3 Å². The van der Waals surface area contributed by atoms with E-state index in [4.69, 9.17) is 0 Å². The molecule has 1 unspecified atom stereocenters. The number of aldehydes is 1. The number of hydrogen-bond donors (Lipinski definition) is 0. The van der Waals surface area contributed by atoms with Gasteiger partial charge >= 0.3 is 6.18 Å². The van der Waals surface area contributed by atoms with Crippen LogP contribution in [-0.4, -0.2) is 18.2 Å². The van der Waals surface area contributed by atoms with Gasteiger partial charge in [0.25, 0.3) is 0 Å². The standard InChI is InChI=1S/C12H9BrF3NO/c1-17-5-4-8-6-9(12(14,15)16)2-3-10(8)11(17,13)7-18/h2-7H,1H3. The summed E-state index contributed by atoms with van der Waals surface area (Å²) in [4.78, 5) is 12.8. The number of carbonyl (C=O) groups is 1. The van der Waals surface area contributed by atoms with E-state index in [2.05, 4.69) is 15.9 Å². The van der Waals surface area contributed by atoms with Gasteiger partial charge in [-0.05, 0) is 39.7 Å². The second-order valence-corrected chi connectivity index (χ2v) is 5.23. The maximum Gasteiger partial charge on any atom is 0.416 e. The number of fused-ring (bicyclic) bond motifs is 1. The third-order valence-electron chi connectivity index (χ3n) is 2.90. The van der Waals surface area contributed by atoms with Gasteiger partial charge in [0, 0.05) is 18.8 Å². The first-order valence-electron chi connectivity index (χ1n) is 5.07. The summed E-state index contributed by atoms with van der Waals surface area (Å²) < 4.78 is 36.7. The second kappa shape index (κ2) is 4.12. The zero-order valence-electron chi connectivity index (χ0n) is 9.33. The quantitative estimate of drug-likeness (QED) is 0.449. The van der Waals surface area contributed by atoms with Crippen LogP contribution in [0.25, 0.3) is 6.08 Å². The average molecular weight is 320 g/mol. The molecule has 0 amide bonds. The largest absolute Gasteiger partial charge is 0.416 e. The molecule has 0 saturated carbocycles. The Morgan fingerprint density at radius 1 is 1.39 bits per heavy atom. The first kappa shape index (κ1) is 13.1. The first-order valence-corrected chi connectivity index (χ1v) is 5.86. The van der Waals surface area contributed by atoms with Crippen molar-refractivity contribution in [2.24, 2.45) is 0 Å². The van der Waals surface area contributed by atoms with Gasteiger partial charge in [0.15, 0.2) is 10.7 Å². The summed E-state index contributed by atoms with van der Waals surface area (Å²) in [5.41, 5.74) is 0.151. The molecule has 0 radical (unpaired) electrons. The Bertz CT molecular complexity index is 527. The lowest BCUT2D eigenvalue weighted by molar-refractivity contribution is -0.137. The molecule has 0 fully saturated rings.